The van der Waals surface area contributed by atoms with E-state index in [1.807, 2.05) is 0 Å². The van der Waals surface area contributed by atoms with E-state index in [-0.39, 0.29) is 0 Å². The largest absolute Gasteiger partial charge is 0.302 e. The third kappa shape index (κ3) is 1.48. The second kappa shape index (κ2) is 3.02. The fourth-order valence-corrected chi connectivity index (χ4v) is 1.35. The molecule has 10 heavy (non-hydrogen) atoms. The Balaban J connectivity index is 2.61. The van der Waals surface area contributed by atoms with E-state index in [2.05, 4.69) is 50.2 Å². The van der Waals surface area contributed by atoms with Gasteiger partial charge in [-0.05, 0) is 20.0 Å². The zero-order chi connectivity index (χ0) is 7.56. The minimum atomic E-state index is 0.588. The normalized spacial score (nSPS) is 31.6. The summed E-state index contributed by atoms with van der Waals surface area (Å²) in [4.78, 5) is 2.24. The molecule has 2 unspecified atom stereocenters. The first-order chi connectivity index (χ1) is 4.72. The van der Waals surface area contributed by atoms with Crippen LogP contribution in [0.4, 0.5) is 0 Å². The van der Waals surface area contributed by atoms with Crippen LogP contribution in [0.15, 0.2) is 24.3 Å². The Hall–Kier alpha value is -0.560. The molecular formula is C9H15N. The first kappa shape index (κ1) is 7.55. The van der Waals surface area contributed by atoms with Crippen molar-refractivity contribution in [3.05, 3.63) is 24.3 Å². The van der Waals surface area contributed by atoms with E-state index in [1.54, 1.807) is 0 Å². The molecule has 1 aliphatic rings. The van der Waals surface area contributed by atoms with E-state index < -0.39 is 0 Å². The van der Waals surface area contributed by atoms with Gasteiger partial charge in [-0.15, -0.1) is 0 Å². The van der Waals surface area contributed by atoms with Gasteiger partial charge < -0.3 is 4.90 Å². The Morgan fingerprint density at radius 2 is 1.70 bits per heavy atom. The molecule has 0 fully saturated rings. The van der Waals surface area contributed by atoms with Crippen molar-refractivity contribution in [3.63, 3.8) is 0 Å². The Kier molecular flexibility index (Phi) is 2.28. The van der Waals surface area contributed by atoms with E-state index in [0.29, 0.717) is 12.0 Å². The van der Waals surface area contributed by atoms with E-state index >= 15 is 0 Å². The van der Waals surface area contributed by atoms with Gasteiger partial charge in [-0.3, -0.25) is 0 Å². The minimum Gasteiger partial charge on any atom is -0.302 e. The molecule has 0 saturated heterocycles. The molecule has 0 saturated carbocycles. The van der Waals surface area contributed by atoms with Gasteiger partial charge in [0.25, 0.3) is 0 Å². The molecule has 0 amide bonds. The third-order valence-corrected chi connectivity index (χ3v) is 1.97. The monoisotopic (exact) mass is 137 g/mol. The highest BCUT2D eigenvalue weighted by Crippen LogP contribution is 2.14. The van der Waals surface area contributed by atoms with Crippen molar-refractivity contribution in [2.75, 3.05) is 14.1 Å². The fraction of sp³-hybridized carbons (Fsp3) is 0.556. The van der Waals surface area contributed by atoms with Crippen molar-refractivity contribution in [2.45, 2.75) is 13.0 Å². The maximum absolute atomic E-state index is 2.24. The number of rotatable bonds is 1. The quantitative estimate of drug-likeness (QED) is 0.531. The summed E-state index contributed by atoms with van der Waals surface area (Å²) in [7, 11) is 4.23. The van der Waals surface area contributed by atoms with Gasteiger partial charge >= 0.3 is 0 Å². The molecule has 0 heterocycles. The van der Waals surface area contributed by atoms with E-state index in [4.69, 9.17) is 0 Å². The lowest BCUT2D eigenvalue weighted by atomic mass is 9.96. The highest BCUT2D eigenvalue weighted by atomic mass is 15.1. The standard InChI is InChI=1S/C9H15N/c1-8-6-4-5-7-9(8)10(2)3/h4-9H,1-3H3. The molecule has 0 spiro atoms. The van der Waals surface area contributed by atoms with E-state index in [9.17, 15) is 0 Å². The topological polar surface area (TPSA) is 3.24 Å². The molecule has 1 rings (SSSR count). The van der Waals surface area contributed by atoms with Crippen molar-refractivity contribution >= 4 is 0 Å². The fourth-order valence-electron chi connectivity index (χ4n) is 1.35. The Labute approximate surface area is 63.0 Å². The van der Waals surface area contributed by atoms with Gasteiger partial charge in [0.1, 0.15) is 0 Å². The molecule has 1 heteroatoms. The molecule has 56 valence electrons. The number of hydrogen-bond donors (Lipinski definition) is 0. The molecule has 0 aliphatic heterocycles. The number of nitrogens with zero attached hydrogens (tertiary/aromatic N) is 1. The Morgan fingerprint density at radius 3 is 2.10 bits per heavy atom. The molecule has 0 radical (unpaired) electrons. The zero-order valence-electron chi connectivity index (χ0n) is 6.91. The highest BCUT2D eigenvalue weighted by molar-refractivity contribution is 5.16. The lowest BCUT2D eigenvalue weighted by Crippen LogP contribution is -2.32. The molecular weight excluding hydrogens is 122 g/mol. The van der Waals surface area contributed by atoms with Crippen LogP contribution in [-0.4, -0.2) is 25.0 Å². The molecule has 2 atom stereocenters. The summed E-state index contributed by atoms with van der Waals surface area (Å²) in [6.45, 7) is 2.24. The molecule has 0 N–H and O–H groups in total. The van der Waals surface area contributed by atoms with E-state index in [0.717, 1.165) is 0 Å². The minimum absolute atomic E-state index is 0.588. The van der Waals surface area contributed by atoms with Crippen molar-refractivity contribution < 1.29 is 0 Å². The third-order valence-electron chi connectivity index (χ3n) is 1.97. The predicted octanol–water partition coefficient (Wildman–Crippen LogP) is 1.68. The van der Waals surface area contributed by atoms with Crippen LogP contribution in [0.2, 0.25) is 0 Å². The van der Waals surface area contributed by atoms with Crippen molar-refractivity contribution in [1.82, 2.24) is 4.90 Å². The van der Waals surface area contributed by atoms with Crippen LogP contribution in [-0.2, 0) is 0 Å². The number of likely N-dealkylation sites (N-methyl/N-ethyl adjacent to an activating group) is 1. The molecule has 0 aromatic carbocycles. The van der Waals surface area contributed by atoms with Crippen LogP contribution in [0.5, 0.6) is 0 Å². The van der Waals surface area contributed by atoms with Gasteiger partial charge in [0, 0.05) is 6.04 Å². The highest BCUT2D eigenvalue weighted by Gasteiger charge is 2.14. The average molecular weight is 137 g/mol. The summed E-state index contributed by atoms with van der Waals surface area (Å²) in [6, 6.07) is 0.588. The summed E-state index contributed by atoms with van der Waals surface area (Å²) < 4.78 is 0. The average Bonchev–Trinajstić information content (AvgIpc) is 1.88. The van der Waals surface area contributed by atoms with Gasteiger partial charge in [-0.25, -0.2) is 0 Å². The van der Waals surface area contributed by atoms with Crippen LogP contribution < -0.4 is 0 Å². The van der Waals surface area contributed by atoms with E-state index in [1.165, 1.54) is 0 Å². The first-order valence-electron chi connectivity index (χ1n) is 3.73. The number of hydrogen-bond acceptors (Lipinski definition) is 1. The summed E-state index contributed by atoms with van der Waals surface area (Å²) in [5.41, 5.74) is 0. The molecule has 1 nitrogen and oxygen atoms in total. The SMILES string of the molecule is CC1C=CC=CC1N(C)C. The second-order valence-corrected chi connectivity index (χ2v) is 3.08. The van der Waals surface area contributed by atoms with Gasteiger partial charge in [-0.1, -0.05) is 31.2 Å². The lowest BCUT2D eigenvalue weighted by Gasteiger charge is -2.26. The predicted molar refractivity (Wildman–Crippen MR) is 44.9 cm³/mol. The first-order valence-corrected chi connectivity index (χ1v) is 3.73. The number of allylic oxidation sites excluding steroid dienone is 2. The summed E-state index contributed by atoms with van der Waals surface area (Å²) in [6.07, 6.45) is 8.71. The molecule has 0 aromatic heterocycles. The van der Waals surface area contributed by atoms with Crippen molar-refractivity contribution in [3.8, 4) is 0 Å². The Morgan fingerprint density at radius 1 is 1.10 bits per heavy atom. The van der Waals surface area contributed by atoms with Crippen LogP contribution in [0.25, 0.3) is 0 Å². The summed E-state index contributed by atoms with van der Waals surface area (Å²) in [5, 5.41) is 0. The van der Waals surface area contributed by atoms with Crippen LogP contribution in [0, 0.1) is 5.92 Å². The van der Waals surface area contributed by atoms with Gasteiger partial charge in [-0.2, -0.15) is 0 Å². The lowest BCUT2D eigenvalue weighted by molar-refractivity contribution is 0.294. The van der Waals surface area contributed by atoms with Crippen LogP contribution >= 0.6 is 0 Å². The molecule has 0 bridgehead atoms. The maximum atomic E-state index is 2.24. The maximum Gasteiger partial charge on any atom is 0.0335 e. The van der Waals surface area contributed by atoms with Crippen molar-refractivity contribution in [1.29, 1.82) is 0 Å². The van der Waals surface area contributed by atoms with Crippen LogP contribution in [0.1, 0.15) is 6.92 Å². The summed E-state index contributed by atoms with van der Waals surface area (Å²) >= 11 is 0. The summed E-state index contributed by atoms with van der Waals surface area (Å²) in [5.74, 6) is 0.653. The van der Waals surface area contributed by atoms with Gasteiger partial charge in [0.05, 0.1) is 0 Å². The van der Waals surface area contributed by atoms with Crippen LogP contribution in [0.3, 0.4) is 0 Å². The van der Waals surface area contributed by atoms with Crippen molar-refractivity contribution in [2.24, 2.45) is 5.92 Å². The van der Waals surface area contributed by atoms with Gasteiger partial charge in [0.2, 0.25) is 0 Å². The Bertz CT molecular complexity index is 156. The smallest absolute Gasteiger partial charge is 0.0335 e. The zero-order valence-corrected chi connectivity index (χ0v) is 6.91. The second-order valence-electron chi connectivity index (χ2n) is 3.08. The molecule has 1 aliphatic carbocycles. The molecule has 0 aromatic rings. The van der Waals surface area contributed by atoms with Gasteiger partial charge in [0.15, 0.2) is 0 Å².